The quantitative estimate of drug-likeness (QED) is 0.644. The van der Waals surface area contributed by atoms with E-state index >= 15 is 0 Å². The zero-order valence-corrected chi connectivity index (χ0v) is 15.0. The van der Waals surface area contributed by atoms with Gasteiger partial charge in [0.1, 0.15) is 5.82 Å². The summed E-state index contributed by atoms with van der Waals surface area (Å²) in [5.41, 5.74) is 1.74. The number of carbonyl (C=O) groups excluding carboxylic acids is 1. The average molecular weight is 356 g/mol. The fourth-order valence-electron chi connectivity index (χ4n) is 3.21. The summed E-state index contributed by atoms with van der Waals surface area (Å²) in [5, 5.41) is 0.249. The number of hydrogen-bond donors (Lipinski definition) is 1. The molecule has 0 bridgehead atoms. The van der Waals surface area contributed by atoms with E-state index in [-0.39, 0.29) is 35.2 Å². The van der Waals surface area contributed by atoms with Gasteiger partial charge in [0.2, 0.25) is 0 Å². The minimum Gasteiger partial charge on any atom is -0.297 e. The third-order valence-electron chi connectivity index (χ3n) is 4.69. The number of allylic oxidation sites excluding steroid dienone is 1. The topological polar surface area (TPSA) is 20.3 Å². The van der Waals surface area contributed by atoms with E-state index in [0.717, 1.165) is 25.8 Å². The molecule has 5 heteroatoms. The summed E-state index contributed by atoms with van der Waals surface area (Å²) >= 11 is 4.60. The van der Waals surface area contributed by atoms with Gasteiger partial charge in [0.05, 0.1) is 6.04 Å². The zero-order chi connectivity index (χ0) is 15.7. The predicted octanol–water partition coefficient (Wildman–Crippen LogP) is 4.22. The van der Waals surface area contributed by atoms with Crippen molar-refractivity contribution in [1.82, 2.24) is 4.90 Å². The summed E-state index contributed by atoms with van der Waals surface area (Å²) < 4.78 is 14.3. The van der Waals surface area contributed by atoms with E-state index in [1.165, 1.54) is 11.6 Å². The Hall–Kier alpha value is -0.840. The smallest absolute Gasteiger partial charge is 0.157 e. The van der Waals surface area contributed by atoms with Crippen LogP contribution in [0.2, 0.25) is 0 Å². The maximum atomic E-state index is 14.3. The molecule has 1 saturated heterocycles. The Labute approximate surface area is 149 Å². The molecule has 0 radical (unpaired) electrons. The Bertz CT molecular complexity index is 602. The number of likely N-dealkylation sites (tertiary alicyclic amines) is 1. The fraction of sp³-hybridized carbons (Fsp3) is 0.500. The highest BCUT2D eigenvalue weighted by atomic mass is 35.5. The first-order valence-electron chi connectivity index (χ1n) is 7.97. The summed E-state index contributed by atoms with van der Waals surface area (Å²) in [6.45, 7) is 3.48. The van der Waals surface area contributed by atoms with Crippen molar-refractivity contribution in [1.29, 1.82) is 0 Å². The molecule has 1 aromatic rings. The van der Waals surface area contributed by atoms with Gasteiger partial charge in [-0.1, -0.05) is 24.3 Å². The summed E-state index contributed by atoms with van der Waals surface area (Å²) in [6, 6.07) is 6.24. The molecule has 2 atom stereocenters. The van der Waals surface area contributed by atoms with Gasteiger partial charge in [-0.3, -0.25) is 9.69 Å². The molecule has 2 nitrogen and oxygen atoms in total. The Morgan fingerprint density at radius 1 is 1.35 bits per heavy atom. The molecule has 0 aromatic heterocycles. The van der Waals surface area contributed by atoms with Gasteiger partial charge in [0.25, 0.3) is 0 Å². The van der Waals surface area contributed by atoms with Crippen LogP contribution in [0.3, 0.4) is 0 Å². The molecule has 2 unspecified atom stereocenters. The van der Waals surface area contributed by atoms with E-state index in [2.05, 4.69) is 23.6 Å². The first kappa shape index (κ1) is 18.5. The molecule has 126 valence electrons. The number of piperidine rings is 1. The highest BCUT2D eigenvalue weighted by molar-refractivity contribution is 7.81. The van der Waals surface area contributed by atoms with Gasteiger partial charge in [-0.05, 0) is 37.8 Å². The molecule has 1 aliphatic carbocycles. The predicted molar refractivity (Wildman–Crippen MR) is 96.8 cm³/mol. The van der Waals surface area contributed by atoms with E-state index in [9.17, 15) is 9.18 Å². The van der Waals surface area contributed by atoms with E-state index in [1.54, 1.807) is 12.1 Å². The second kappa shape index (κ2) is 7.82. The van der Waals surface area contributed by atoms with Crippen molar-refractivity contribution in [3.8, 4) is 0 Å². The van der Waals surface area contributed by atoms with Gasteiger partial charge in [0.15, 0.2) is 5.78 Å². The highest BCUT2D eigenvalue weighted by Gasteiger charge is 2.40. The van der Waals surface area contributed by atoms with Crippen LogP contribution in [0, 0.1) is 11.7 Å². The second-order valence-corrected chi connectivity index (χ2v) is 6.86. The highest BCUT2D eigenvalue weighted by Crippen LogP contribution is 2.39. The van der Waals surface area contributed by atoms with Gasteiger partial charge < -0.3 is 0 Å². The van der Waals surface area contributed by atoms with E-state index in [4.69, 9.17) is 0 Å². The van der Waals surface area contributed by atoms with Gasteiger partial charge in [-0.15, -0.1) is 12.4 Å². The van der Waals surface area contributed by atoms with Crippen LogP contribution in [0.5, 0.6) is 0 Å². The lowest BCUT2D eigenvalue weighted by molar-refractivity contribution is -0.126. The van der Waals surface area contributed by atoms with Crippen LogP contribution in [-0.4, -0.2) is 29.0 Å². The van der Waals surface area contributed by atoms with Crippen LogP contribution in [-0.2, 0) is 4.79 Å². The third-order valence-corrected chi connectivity index (χ3v) is 5.28. The van der Waals surface area contributed by atoms with Crippen molar-refractivity contribution < 1.29 is 9.18 Å². The van der Waals surface area contributed by atoms with E-state index in [0.29, 0.717) is 12.1 Å². The minimum absolute atomic E-state index is 0. The standard InChI is InChI=1S/C18H22FNOS.ClH/c1-2-12-11-20(10-9-16(12)22)17(18(21)13-7-8-13)14-5-3-4-6-15(14)19;/h2-6,13,16-17,22H,7-11H2,1H3;1H/b12-2+;. The molecule has 0 spiro atoms. The number of rotatable bonds is 4. The van der Waals surface area contributed by atoms with Gasteiger partial charge in [-0.25, -0.2) is 4.39 Å². The normalized spacial score (nSPS) is 25.0. The van der Waals surface area contributed by atoms with Crippen molar-refractivity contribution in [2.75, 3.05) is 13.1 Å². The van der Waals surface area contributed by atoms with E-state index < -0.39 is 6.04 Å². The Morgan fingerprint density at radius 2 is 2.04 bits per heavy atom. The number of nitrogens with zero attached hydrogens (tertiary/aromatic N) is 1. The summed E-state index contributed by atoms with van der Waals surface area (Å²) in [7, 11) is 0. The second-order valence-electron chi connectivity index (χ2n) is 6.24. The molecule has 2 aliphatic rings. The van der Waals surface area contributed by atoms with Crippen LogP contribution >= 0.6 is 25.0 Å². The lowest BCUT2D eigenvalue weighted by Crippen LogP contribution is -2.42. The number of hydrogen-bond acceptors (Lipinski definition) is 3. The molecule has 1 aliphatic heterocycles. The SMILES string of the molecule is C/C=C1\CN(C(C(=O)C2CC2)c2ccccc2F)CCC1S.Cl. The Morgan fingerprint density at radius 3 is 2.65 bits per heavy atom. The van der Waals surface area contributed by atoms with Crippen LogP contribution in [0.15, 0.2) is 35.9 Å². The largest absolute Gasteiger partial charge is 0.297 e. The molecular formula is C18H23ClFNOS. The number of benzene rings is 1. The molecule has 2 fully saturated rings. The first-order chi connectivity index (χ1) is 10.6. The number of carbonyl (C=O) groups is 1. The van der Waals surface area contributed by atoms with Crippen LogP contribution < -0.4 is 0 Å². The maximum absolute atomic E-state index is 14.3. The lowest BCUT2D eigenvalue weighted by atomic mass is 9.93. The average Bonchev–Trinajstić information content (AvgIpc) is 3.35. The van der Waals surface area contributed by atoms with Crippen LogP contribution in [0.1, 0.15) is 37.8 Å². The molecule has 1 saturated carbocycles. The minimum atomic E-state index is -0.454. The zero-order valence-electron chi connectivity index (χ0n) is 13.2. The van der Waals surface area contributed by atoms with Crippen molar-refractivity contribution in [3.63, 3.8) is 0 Å². The Balaban J connectivity index is 0.00000192. The maximum Gasteiger partial charge on any atom is 0.157 e. The molecule has 1 heterocycles. The molecule has 0 N–H and O–H groups in total. The van der Waals surface area contributed by atoms with Crippen LogP contribution in [0.25, 0.3) is 0 Å². The summed E-state index contributed by atoms with van der Waals surface area (Å²) in [4.78, 5) is 14.9. The molecule has 1 aromatic carbocycles. The van der Waals surface area contributed by atoms with Crippen molar-refractivity contribution in [3.05, 3.63) is 47.3 Å². The van der Waals surface area contributed by atoms with Crippen molar-refractivity contribution in [2.24, 2.45) is 5.92 Å². The van der Waals surface area contributed by atoms with Gasteiger partial charge in [0, 0.05) is 29.8 Å². The summed E-state index contributed by atoms with van der Waals surface area (Å²) in [5.74, 6) is 0.0158. The number of Topliss-reactive ketones (excluding diaryl/α,β-unsaturated/α-hetero) is 1. The number of halogens is 2. The molecular weight excluding hydrogens is 333 g/mol. The molecule has 0 amide bonds. The van der Waals surface area contributed by atoms with Crippen molar-refractivity contribution in [2.45, 2.75) is 37.5 Å². The number of thiol groups is 1. The summed E-state index contributed by atoms with van der Waals surface area (Å²) in [6.07, 6.45) is 4.86. The number of ketones is 1. The lowest BCUT2D eigenvalue weighted by Gasteiger charge is -2.37. The fourth-order valence-corrected chi connectivity index (χ4v) is 3.56. The van der Waals surface area contributed by atoms with Gasteiger partial charge in [-0.2, -0.15) is 12.6 Å². The first-order valence-corrected chi connectivity index (χ1v) is 8.48. The third kappa shape index (κ3) is 3.98. The monoisotopic (exact) mass is 355 g/mol. The molecule has 23 heavy (non-hydrogen) atoms. The van der Waals surface area contributed by atoms with E-state index in [1.807, 2.05) is 13.0 Å². The van der Waals surface area contributed by atoms with Crippen molar-refractivity contribution >= 4 is 30.8 Å². The van der Waals surface area contributed by atoms with Crippen LogP contribution in [0.4, 0.5) is 4.39 Å². The molecule has 3 rings (SSSR count). The van der Waals surface area contributed by atoms with Gasteiger partial charge >= 0.3 is 0 Å². The Kier molecular flexibility index (Phi) is 6.29.